The van der Waals surface area contributed by atoms with Crippen molar-refractivity contribution in [2.24, 2.45) is 0 Å². The van der Waals surface area contributed by atoms with Gasteiger partial charge in [-0.3, -0.25) is 19.4 Å². The summed E-state index contributed by atoms with van der Waals surface area (Å²) in [6.45, 7) is 6.91. The molecule has 2 aromatic rings. The van der Waals surface area contributed by atoms with Crippen molar-refractivity contribution >= 4 is 28.3 Å². The van der Waals surface area contributed by atoms with Crippen LogP contribution >= 0.6 is 11.3 Å². The van der Waals surface area contributed by atoms with Crippen LogP contribution in [-0.4, -0.2) is 73.0 Å². The van der Waals surface area contributed by atoms with Gasteiger partial charge in [-0.1, -0.05) is 12.1 Å². The van der Waals surface area contributed by atoms with Crippen molar-refractivity contribution in [2.45, 2.75) is 19.9 Å². The number of piperazine rings is 1. The van der Waals surface area contributed by atoms with Crippen LogP contribution in [0.3, 0.4) is 0 Å². The summed E-state index contributed by atoms with van der Waals surface area (Å²) in [6.07, 6.45) is 2.62. The summed E-state index contributed by atoms with van der Waals surface area (Å²) in [5.74, 6) is 0.802. The highest BCUT2D eigenvalue weighted by molar-refractivity contribution is 7.15. The van der Waals surface area contributed by atoms with E-state index in [4.69, 9.17) is 4.74 Å². The minimum atomic E-state index is -0.105. The largest absolute Gasteiger partial charge is 0.497 e. The number of benzene rings is 1. The quantitative estimate of drug-likeness (QED) is 0.627. The zero-order valence-electron chi connectivity index (χ0n) is 17.5. The summed E-state index contributed by atoms with van der Waals surface area (Å²) >= 11 is 1.51. The average Bonchev–Trinajstić information content (AvgIpc) is 3.16. The third-order valence-corrected chi connectivity index (χ3v) is 5.84. The summed E-state index contributed by atoms with van der Waals surface area (Å²) in [5.41, 5.74) is 1.18. The predicted molar refractivity (Wildman–Crippen MR) is 118 cm³/mol. The SMILES string of the molecule is COc1ccc(CCNC(=O)CN2CCN(Cc3cnc(NC(C)=O)s3)CC2)cc1. The summed E-state index contributed by atoms with van der Waals surface area (Å²) in [4.78, 5) is 33.2. The molecule has 1 fully saturated rings. The van der Waals surface area contributed by atoms with E-state index in [1.54, 1.807) is 7.11 Å². The maximum absolute atomic E-state index is 12.2. The van der Waals surface area contributed by atoms with Crippen molar-refractivity contribution in [2.75, 3.05) is 51.7 Å². The number of thiazole rings is 1. The van der Waals surface area contributed by atoms with Gasteiger partial charge in [0.1, 0.15) is 5.75 Å². The topological polar surface area (TPSA) is 86.8 Å². The minimum Gasteiger partial charge on any atom is -0.497 e. The third-order valence-electron chi connectivity index (χ3n) is 4.94. The standard InChI is InChI=1S/C21H29N5O3S/c1-16(27)24-21-23-13-19(30-21)14-25-9-11-26(12-10-25)15-20(28)22-8-7-17-3-5-18(29-2)6-4-17/h3-6,13H,7-12,14-15H2,1-2H3,(H,22,28)(H,23,24,27). The highest BCUT2D eigenvalue weighted by atomic mass is 32.1. The van der Waals surface area contributed by atoms with Gasteiger partial charge in [0.15, 0.2) is 5.13 Å². The lowest BCUT2D eigenvalue weighted by Gasteiger charge is -2.33. The Morgan fingerprint density at radius 1 is 1.13 bits per heavy atom. The second kappa shape index (κ2) is 11.1. The fraction of sp³-hybridized carbons (Fsp3) is 0.476. The molecule has 0 bridgehead atoms. The van der Waals surface area contributed by atoms with E-state index in [2.05, 4.69) is 25.4 Å². The molecule has 1 aromatic heterocycles. The van der Waals surface area contributed by atoms with Crippen LogP contribution in [0.15, 0.2) is 30.5 Å². The first-order valence-electron chi connectivity index (χ1n) is 10.1. The maximum Gasteiger partial charge on any atom is 0.234 e. The zero-order valence-corrected chi connectivity index (χ0v) is 18.3. The van der Waals surface area contributed by atoms with E-state index in [0.717, 1.165) is 49.8 Å². The molecular formula is C21H29N5O3S. The molecule has 3 rings (SSSR count). The van der Waals surface area contributed by atoms with Gasteiger partial charge in [0.05, 0.1) is 13.7 Å². The van der Waals surface area contributed by atoms with Crippen LogP contribution in [0.5, 0.6) is 5.75 Å². The van der Waals surface area contributed by atoms with E-state index >= 15 is 0 Å². The van der Waals surface area contributed by atoms with Crippen LogP contribution in [0.2, 0.25) is 0 Å². The molecule has 1 aromatic carbocycles. The number of methoxy groups -OCH3 is 1. The predicted octanol–water partition coefficient (Wildman–Crippen LogP) is 1.59. The molecule has 0 spiro atoms. The second-order valence-electron chi connectivity index (χ2n) is 7.31. The van der Waals surface area contributed by atoms with Gasteiger partial charge in [-0.2, -0.15) is 0 Å². The number of aromatic nitrogens is 1. The van der Waals surface area contributed by atoms with Crippen molar-refractivity contribution in [3.8, 4) is 5.75 Å². The van der Waals surface area contributed by atoms with Crippen LogP contribution in [-0.2, 0) is 22.6 Å². The van der Waals surface area contributed by atoms with Crippen LogP contribution in [0.4, 0.5) is 5.13 Å². The smallest absolute Gasteiger partial charge is 0.234 e. The fourth-order valence-corrected chi connectivity index (χ4v) is 4.21. The molecule has 0 aliphatic carbocycles. The highest BCUT2D eigenvalue weighted by Gasteiger charge is 2.19. The van der Waals surface area contributed by atoms with E-state index in [-0.39, 0.29) is 11.8 Å². The van der Waals surface area contributed by atoms with Crippen LogP contribution < -0.4 is 15.4 Å². The number of carbonyl (C=O) groups excluding carboxylic acids is 2. The van der Waals surface area contributed by atoms with Gasteiger partial charge < -0.3 is 15.4 Å². The lowest BCUT2D eigenvalue weighted by molar-refractivity contribution is -0.122. The number of nitrogens with zero attached hydrogens (tertiary/aromatic N) is 3. The van der Waals surface area contributed by atoms with E-state index in [1.807, 2.05) is 30.5 Å². The molecule has 1 saturated heterocycles. The molecule has 2 amide bonds. The minimum absolute atomic E-state index is 0.0689. The van der Waals surface area contributed by atoms with Crippen LogP contribution in [0.1, 0.15) is 17.4 Å². The number of amides is 2. The maximum atomic E-state index is 12.2. The molecule has 2 heterocycles. The van der Waals surface area contributed by atoms with Crippen molar-refractivity contribution < 1.29 is 14.3 Å². The molecule has 30 heavy (non-hydrogen) atoms. The summed E-state index contributed by atoms with van der Waals surface area (Å²) in [5, 5.41) is 6.37. The number of anilines is 1. The molecule has 0 saturated carbocycles. The third kappa shape index (κ3) is 7.08. The number of ether oxygens (including phenoxy) is 1. The lowest BCUT2D eigenvalue weighted by Crippen LogP contribution is -2.49. The van der Waals surface area contributed by atoms with E-state index in [9.17, 15) is 9.59 Å². The first-order valence-corrected chi connectivity index (χ1v) is 10.9. The number of carbonyl (C=O) groups is 2. The Morgan fingerprint density at radius 3 is 2.50 bits per heavy atom. The molecule has 9 heteroatoms. The Labute approximate surface area is 181 Å². The van der Waals surface area contributed by atoms with Gasteiger partial charge >= 0.3 is 0 Å². The van der Waals surface area contributed by atoms with Gasteiger partial charge in [0.25, 0.3) is 0 Å². The Kier molecular flexibility index (Phi) is 8.18. The van der Waals surface area contributed by atoms with Crippen LogP contribution in [0, 0.1) is 0 Å². The fourth-order valence-electron chi connectivity index (χ4n) is 3.31. The van der Waals surface area contributed by atoms with E-state index < -0.39 is 0 Å². The monoisotopic (exact) mass is 431 g/mol. The van der Waals surface area contributed by atoms with Crippen LogP contribution in [0.25, 0.3) is 0 Å². The molecule has 162 valence electrons. The first-order chi connectivity index (χ1) is 14.5. The second-order valence-corrected chi connectivity index (χ2v) is 8.43. The summed E-state index contributed by atoms with van der Waals surface area (Å²) < 4.78 is 5.16. The van der Waals surface area contributed by atoms with Crippen molar-refractivity contribution in [3.05, 3.63) is 40.9 Å². The normalized spacial score (nSPS) is 15.0. The summed E-state index contributed by atoms with van der Waals surface area (Å²) in [7, 11) is 1.65. The van der Waals surface area contributed by atoms with E-state index in [1.165, 1.54) is 23.8 Å². The van der Waals surface area contributed by atoms with Gasteiger partial charge in [-0.15, -0.1) is 11.3 Å². The number of rotatable bonds is 9. The molecule has 2 N–H and O–H groups in total. The molecule has 1 aliphatic rings. The van der Waals surface area contributed by atoms with E-state index in [0.29, 0.717) is 18.2 Å². The number of nitrogens with one attached hydrogen (secondary N) is 2. The average molecular weight is 432 g/mol. The number of hydrogen-bond acceptors (Lipinski definition) is 7. The molecule has 0 unspecified atom stereocenters. The highest BCUT2D eigenvalue weighted by Crippen LogP contribution is 2.20. The van der Waals surface area contributed by atoms with Gasteiger partial charge in [0.2, 0.25) is 11.8 Å². The van der Waals surface area contributed by atoms with Gasteiger partial charge in [0, 0.05) is 57.3 Å². The van der Waals surface area contributed by atoms with Crippen molar-refractivity contribution in [1.29, 1.82) is 0 Å². The molecule has 1 aliphatic heterocycles. The van der Waals surface area contributed by atoms with Gasteiger partial charge in [-0.05, 0) is 24.1 Å². The zero-order chi connectivity index (χ0) is 21.3. The molecular weight excluding hydrogens is 402 g/mol. The Hall–Kier alpha value is -2.49. The Morgan fingerprint density at radius 2 is 1.83 bits per heavy atom. The Balaban J connectivity index is 1.32. The lowest BCUT2D eigenvalue weighted by atomic mass is 10.1. The molecule has 0 atom stereocenters. The first kappa shape index (κ1) is 22.2. The Bertz CT molecular complexity index is 831. The van der Waals surface area contributed by atoms with Crippen molar-refractivity contribution in [3.63, 3.8) is 0 Å². The van der Waals surface area contributed by atoms with Crippen molar-refractivity contribution in [1.82, 2.24) is 20.1 Å². The molecule has 8 nitrogen and oxygen atoms in total. The number of hydrogen-bond donors (Lipinski definition) is 2. The summed E-state index contributed by atoms with van der Waals surface area (Å²) in [6, 6.07) is 7.91. The molecule has 0 radical (unpaired) electrons. The van der Waals surface area contributed by atoms with Gasteiger partial charge in [-0.25, -0.2) is 4.98 Å².